The Bertz CT molecular complexity index is 840. The number of benzene rings is 1. The summed E-state index contributed by atoms with van der Waals surface area (Å²) >= 11 is 0. The van der Waals surface area contributed by atoms with E-state index in [1.54, 1.807) is 0 Å². The summed E-state index contributed by atoms with van der Waals surface area (Å²) in [7, 11) is 0. The standard InChI is InChI=1S/C17H17F3N4O5/c1-3-8-21-14(27)22-12(25)9-24-13(26)16(2,23-15(24)28)10-4-6-11(7-5-10)29-17(18,19)20/h3-7H,1,8-9H2,2H3,(H,23,28)(H2,21,22,25,27)/t16-/m0/s1. The van der Waals surface area contributed by atoms with Crippen molar-refractivity contribution in [3.05, 3.63) is 42.5 Å². The van der Waals surface area contributed by atoms with Crippen LogP contribution in [0.4, 0.5) is 22.8 Å². The fourth-order valence-electron chi connectivity index (χ4n) is 2.54. The quantitative estimate of drug-likeness (QED) is 0.480. The molecule has 29 heavy (non-hydrogen) atoms. The van der Waals surface area contributed by atoms with Gasteiger partial charge in [0.15, 0.2) is 0 Å². The first-order valence-electron chi connectivity index (χ1n) is 8.15. The van der Waals surface area contributed by atoms with Gasteiger partial charge in [0.1, 0.15) is 17.8 Å². The minimum Gasteiger partial charge on any atom is -0.406 e. The summed E-state index contributed by atoms with van der Waals surface area (Å²) < 4.78 is 40.5. The zero-order chi connectivity index (χ0) is 21.8. The molecule has 1 aromatic rings. The number of nitrogens with zero attached hydrogens (tertiary/aromatic N) is 1. The van der Waals surface area contributed by atoms with Gasteiger partial charge in [0, 0.05) is 6.54 Å². The Labute approximate surface area is 162 Å². The van der Waals surface area contributed by atoms with Crippen LogP contribution in [0.2, 0.25) is 0 Å². The Hall–Kier alpha value is -3.57. The zero-order valence-electron chi connectivity index (χ0n) is 15.1. The summed E-state index contributed by atoms with van der Waals surface area (Å²) in [5, 5.41) is 6.62. The number of amides is 6. The van der Waals surface area contributed by atoms with E-state index in [2.05, 4.69) is 21.9 Å². The van der Waals surface area contributed by atoms with Crippen LogP contribution < -0.4 is 20.7 Å². The summed E-state index contributed by atoms with van der Waals surface area (Å²) in [6, 6.07) is 2.64. The SMILES string of the molecule is C=CCNC(=O)NC(=O)CN1C(=O)N[C@@](C)(c2ccc(OC(F)(F)F)cc2)C1=O. The maximum atomic E-state index is 12.7. The summed E-state index contributed by atoms with van der Waals surface area (Å²) in [6.07, 6.45) is -3.48. The predicted molar refractivity (Wildman–Crippen MR) is 92.5 cm³/mol. The molecule has 9 nitrogen and oxygen atoms in total. The van der Waals surface area contributed by atoms with Crippen LogP contribution >= 0.6 is 0 Å². The highest BCUT2D eigenvalue weighted by atomic mass is 19.4. The summed E-state index contributed by atoms with van der Waals surface area (Å²) in [4.78, 5) is 48.8. The Balaban J connectivity index is 2.09. The van der Waals surface area contributed by atoms with Crippen LogP contribution in [0, 0.1) is 0 Å². The lowest BCUT2D eigenvalue weighted by molar-refractivity contribution is -0.274. The van der Waals surface area contributed by atoms with Crippen molar-refractivity contribution in [3.63, 3.8) is 0 Å². The van der Waals surface area contributed by atoms with Gasteiger partial charge in [-0.3, -0.25) is 19.8 Å². The van der Waals surface area contributed by atoms with Crippen LogP contribution in [0.15, 0.2) is 36.9 Å². The first-order valence-corrected chi connectivity index (χ1v) is 8.15. The average molecular weight is 414 g/mol. The summed E-state index contributed by atoms with van der Waals surface area (Å²) in [5.74, 6) is -2.22. The molecule has 1 fully saturated rings. The van der Waals surface area contributed by atoms with E-state index in [9.17, 15) is 32.3 Å². The molecule has 0 saturated carbocycles. The van der Waals surface area contributed by atoms with Gasteiger partial charge in [0.05, 0.1) is 0 Å². The molecule has 3 N–H and O–H groups in total. The molecule has 6 amide bonds. The average Bonchev–Trinajstić information content (AvgIpc) is 2.83. The van der Waals surface area contributed by atoms with Crippen molar-refractivity contribution in [1.29, 1.82) is 0 Å². The normalized spacial score (nSPS) is 18.8. The molecule has 1 saturated heterocycles. The number of alkyl halides is 3. The molecular formula is C17H17F3N4O5. The van der Waals surface area contributed by atoms with E-state index in [-0.39, 0.29) is 12.1 Å². The van der Waals surface area contributed by atoms with E-state index in [1.165, 1.54) is 25.1 Å². The molecule has 0 bridgehead atoms. The Morgan fingerprint density at radius 1 is 1.28 bits per heavy atom. The highest BCUT2D eigenvalue weighted by molar-refractivity contribution is 6.10. The zero-order valence-corrected chi connectivity index (χ0v) is 15.1. The number of nitrogens with one attached hydrogen (secondary N) is 3. The molecule has 1 atom stereocenters. The largest absolute Gasteiger partial charge is 0.573 e. The van der Waals surface area contributed by atoms with Gasteiger partial charge in [0.25, 0.3) is 5.91 Å². The van der Waals surface area contributed by atoms with E-state index in [1.807, 2.05) is 5.32 Å². The second kappa shape index (κ2) is 8.20. The van der Waals surface area contributed by atoms with Gasteiger partial charge in [-0.2, -0.15) is 0 Å². The molecule has 1 heterocycles. The van der Waals surface area contributed by atoms with E-state index in [0.29, 0.717) is 4.90 Å². The van der Waals surface area contributed by atoms with Crippen LogP contribution in [-0.2, 0) is 15.1 Å². The van der Waals surface area contributed by atoms with Crippen molar-refractivity contribution in [2.75, 3.05) is 13.1 Å². The maximum absolute atomic E-state index is 12.7. The van der Waals surface area contributed by atoms with E-state index in [4.69, 9.17) is 0 Å². The third-order valence-corrected chi connectivity index (χ3v) is 3.90. The molecule has 0 radical (unpaired) electrons. The lowest BCUT2D eigenvalue weighted by Crippen LogP contribution is -2.46. The van der Waals surface area contributed by atoms with Crippen LogP contribution in [0.3, 0.4) is 0 Å². The fourth-order valence-corrected chi connectivity index (χ4v) is 2.54. The number of urea groups is 2. The number of hydrogen-bond donors (Lipinski definition) is 3. The van der Waals surface area contributed by atoms with Gasteiger partial charge >= 0.3 is 18.4 Å². The summed E-state index contributed by atoms with van der Waals surface area (Å²) in [5.41, 5.74) is -1.43. The lowest BCUT2D eigenvalue weighted by atomic mass is 9.92. The number of carbonyl (C=O) groups is 4. The van der Waals surface area contributed by atoms with Crippen molar-refractivity contribution >= 4 is 23.9 Å². The molecule has 0 aromatic heterocycles. The molecule has 0 unspecified atom stereocenters. The Morgan fingerprint density at radius 3 is 2.45 bits per heavy atom. The van der Waals surface area contributed by atoms with Crippen LogP contribution in [-0.4, -0.2) is 48.2 Å². The number of imide groups is 2. The number of rotatable bonds is 6. The second-order valence-electron chi connectivity index (χ2n) is 6.07. The van der Waals surface area contributed by atoms with Crippen LogP contribution in [0.5, 0.6) is 5.75 Å². The van der Waals surface area contributed by atoms with Crippen molar-refractivity contribution in [2.24, 2.45) is 0 Å². The Kier molecular flexibility index (Phi) is 6.15. The van der Waals surface area contributed by atoms with Gasteiger partial charge in [-0.25, -0.2) is 9.59 Å². The Morgan fingerprint density at radius 2 is 1.90 bits per heavy atom. The highest BCUT2D eigenvalue weighted by Gasteiger charge is 2.49. The molecule has 0 aliphatic carbocycles. The number of ether oxygens (including phenoxy) is 1. The van der Waals surface area contributed by atoms with E-state index < -0.39 is 48.1 Å². The van der Waals surface area contributed by atoms with Crippen molar-refractivity contribution in [2.45, 2.75) is 18.8 Å². The number of hydrogen-bond acceptors (Lipinski definition) is 5. The lowest BCUT2D eigenvalue weighted by Gasteiger charge is -2.22. The third kappa shape index (κ3) is 5.24. The van der Waals surface area contributed by atoms with Gasteiger partial charge in [0.2, 0.25) is 5.91 Å². The van der Waals surface area contributed by atoms with Crippen LogP contribution in [0.1, 0.15) is 12.5 Å². The molecule has 156 valence electrons. The topological polar surface area (TPSA) is 117 Å². The van der Waals surface area contributed by atoms with Crippen LogP contribution in [0.25, 0.3) is 0 Å². The van der Waals surface area contributed by atoms with Crippen molar-refractivity contribution in [1.82, 2.24) is 20.9 Å². The minimum absolute atomic E-state index is 0.106. The van der Waals surface area contributed by atoms with Crippen molar-refractivity contribution in [3.8, 4) is 5.75 Å². The number of halogens is 3. The predicted octanol–water partition coefficient (Wildman–Crippen LogP) is 1.36. The monoisotopic (exact) mass is 414 g/mol. The second-order valence-corrected chi connectivity index (χ2v) is 6.07. The van der Waals surface area contributed by atoms with E-state index >= 15 is 0 Å². The molecule has 1 aliphatic rings. The molecule has 0 spiro atoms. The maximum Gasteiger partial charge on any atom is 0.573 e. The van der Waals surface area contributed by atoms with Gasteiger partial charge < -0.3 is 15.4 Å². The minimum atomic E-state index is -4.87. The van der Waals surface area contributed by atoms with Gasteiger partial charge in [-0.05, 0) is 24.6 Å². The van der Waals surface area contributed by atoms with E-state index in [0.717, 1.165) is 12.1 Å². The third-order valence-electron chi connectivity index (χ3n) is 3.90. The van der Waals surface area contributed by atoms with Crippen molar-refractivity contribution < 1.29 is 37.1 Å². The molecule has 1 aliphatic heterocycles. The molecule has 1 aromatic carbocycles. The smallest absolute Gasteiger partial charge is 0.406 e. The highest BCUT2D eigenvalue weighted by Crippen LogP contribution is 2.31. The fraction of sp³-hybridized carbons (Fsp3) is 0.294. The first-order chi connectivity index (χ1) is 13.5. The molecule has 12 heteroatoms. The summed E-state index contributed by atoms with van der Waals surface area (Å²) in [6.45, 7) is 4.10. The molecular weight excluding hydrogens is 397 g/mol. The first kappa shape index (κ1) is 21.7. The number of carbonyl (C=O) groups excluding carboxylic acids is 4. The van der Waals surface area contributed by atoms with Gasteiger partial charge in [-0.15, -0.1) is 19.8 Å². The molecule has 2 rings (SSSR count). The van der Waals surface area contributed by atoms with Gasteiger partial charge in [-0.1, -0.05) is 18.2 Å².